The van der Waals surface area contributed by atoms with Gasteiger partial charge < -0.3 is 21.7 Å². The van der Waals surface area contributed by atoms with E-state index in [1.165, 1.54) is 0 Å². The van der Waals surface area contributed by atoms with E-state index in [4.69, 9.17) is 17.3 Å². The van der Waals surface area contributed by atoms with E-state index in [1.54, 1.807) is 17.6 Å². The minimum Gasteiger partial charge on any atom is -0.365 e. The number of carbonyl (C=O) groups excluding carboxylic acids is 2. The fraction of sp³-hybridized carbons (Fsp3) is 0.526. The minimum absolute atomic E-state index is 0. The number of aliphatic imine (C=N–C) groups is 1. The molecule has 2 atom stereocenters. The fourth-order valence-corrected chi connectivity index (χ4v) is 3.33. The largest absolute Gasteiger partial charge is 0.365 e. The summed E-state index contributed by atoms with van der Waals surface area (Å²) in [4.78, 5) is 38.5. The summed E-state index contributed by atoms with van der Waals surface area (Å²) in [5, 5.41) is 18.9. The van der Waals surface area contributed by atoms with E-state index < -0.39 is 5.03 Å². The van der Waals surface area contributed by atoms with Crippen LogP contribution in [0.5, 0.6) is 0 Å². The number of halogens is 2. The van der Waals surface area contributed by atoms with Gasteiger partial charge in [-0.15, -0.1) is 12.4 Å². The van der Waals surface area contributed by atoms with Crippen LogP contribution in [0.1, 0.15) is 37.7 Å². The monoisotopic (exact) mass is 489 g/mol. The normalized spacial score (nSPS) is 17.9. The van der Waals surface area contributed by atoms with Crippen molar-refractivity contribution in [3.05, 3.63) is 38.9 Å². The molecule has 0 radical (unpaired) electrons. The quantitative estimate of drug-likeness (QED) is 0.109. The van der Waals surface area contributed by atoms with E-state index in [0.717, 1.165) is 12.0 Å². The summed E-state index contributed by atoms with van der Waals surface area (Å²) in [6.45, 7) is 2.76. The summed E-state index contributed by atoms with van der Waals surface area (Å²) in [5.41, 5.74) is 8.65. The number of guanidine groups is 1. The third kappa shape index (κ3) is 9.67. The fourth-order valence-electron chi connectivity index (χ4n) is 3.15. The van der Waals surface area contributed by atoms with Crippen LogP contribution in [0, 0.1) is 17.0 Å². The molecule has 1 heterocycles. The lowest BCUT2D eigenvalue weighted by Gasteiger charge is -2.13. The second-order valence-corrected chi connectivity index (χ2v) is 7.77. The van der Waals surface area contributed by atoms with Gasteiger partial charge in [-0.25, -0.2) is 15.1 Å². The van der Waals surface area contributed by atoms with Gasteiger partial charge in [0.1, 0.15) is 0 Å². The smallest absolute Gasteiger partial charge is 0.251 e. The Morgan fingerprint density at radius 3 is 2.78 bits per heavy atom. The molecule has 1 aromatic rings. The van der Waals surface area contributed by atoms with Gasteiger partial charge in [0.05, 0.1) is 6.04 Å². The lowest BCUT2D eigenvalue weighted by Crippen LogP contribution is -2.36. The average Bonchev–Trinajstić information content (AvgIpc) is 3.15. The summed E-state index contributed by atoms with van der Waals surface area (Å²) in [7, 11) is 0. The summed E-state index contributed by atoms with van der Waals surface area (Å²) >= 11 is 6.09. The Balaban J connectivity index is 0.00000512. The number of nitro groups is 1. The first-order valence-corrected chi connectivity index (χ1v) is 10.4. The van der Waals surface area contributed by atoms with Crippen molar-refractivity contribution < 1.29 is 14.6 Å². The molecule has 1 aliphatic heterocycles. The Hall–Kier alpha value is -2.63. The van der Waals surface area contributed by atoms with E-state index in [2.05, 4.69) is 20.9 Å². The van der Waals surface area contributed by atoms with Crippen LogP contribution in [0.25, 0.3) is 0 Å². The van der Waals surface area contributed by atoms with E-state index in [9.17, 15) is 19.7 Å². The predicted octanol–water partition coefficient (Wildman–Crippen LogP) is 1.51. The molecule has 6 N–H and O–H groups in total. The van der Waals surface area contributed by atoms with Crippen molar-refractivity contribution >= 4 is 47.5 Å². The molecule has 1 saturated heterocycles. The SMILES string of the molecule is Cc1ccc(NC(=O)[C@@H]2C[C@H](NC(=O)CCCCCN=C(N)N[N+](=O)[O-])CN2)cc1Cl.Cl. The molecule has 0 aliphatic carbocycles. The Kier molecular flexibility index (Phi) is 11.7. The van der Waals surface area contributed by atoms with Crippen molar-refractivity contribution in [1.29, 1.82) is 0 Å². The van der Waals surface area contributed by atoms with Gasteiger partial charge >= 0.3 is 0 Å². The molecule has 2 amide bonds. The lowest BCUT2D eigenvalue weighted by atomic mass is 10.1. The van der Waals surface area contributed by atoms with Crippen molar-refractivity contribution in [3.63, 3.8) is 0 Å². The van der Waals surface area contributed by atoms with Crippen molar-refractivity contribution in [1.82, 2.24) is 16.1 Å². The van der Waals surface area contributed by atoms with Gasteiger partial charge in [-0.2, -0.15) is 0 Å². The van der Waals surface area contributed by atoms with Crippen LogP contribution in [-0.2, 0) is 9.59 Å². The van der Waals surface area contributed by atoms with Gasteiger partial charge in [0.25, 0.3) is 5.96 Å². The zero-order chi connectivity index (χ0) is 22.8. The van der Waals surface area contributed by atoms with Gasteiger partial charge in [-0.05, 0) is 43.9 Å². The number of hydrazine groups is 1. The van der Waals surface area contributed by atoms with Crippen molar-refractivity contribution in [2.45, 2.75) is 51.1 Å². The van der Waals surface area contributed by atoms with Crippen LogP contribution in [0.2, 0.25) is 5.02 Å². The molecular formula is C19H29Cl2N7O4. The van der Waals surface area contributed by atoms with Gasteiger partial charge in [0, 0.05) is 36.3 Å². The Bertz CT molecular complexity index is 838. The number of anilines is 1. The number of hydrogen-bond acceptors (Lipinski definition) is 6. The number of amides is 2. The molecule has 178 valence electrons. The second-order valence-electron chi connectivity index (χ2n) is 7.36. The highest BCUT2D eigenvalue weighted by Gasteiger charge is 2.30. The molecule has 1 fully saturated rings. The number of nitrogens with zero attached hydrogens (tertiary/aromatic N) is 2. The molecule has 13 heteroatoms. The zero-order valence-corrected chi connectivity index (χ0v) is 19.3. The number of hydrogen-bond donors (Lipinski definition) is 5. The molecule has 2 rings (SSSR count). The molecule has 0 spiro atoms. The third-order valence-electron chi connectivity index (χ3n) is 4.80. The maximum absolute atomic E-state index is 12.4. The number of nitrogens with two attached hydrogens (primary N) is 1. The van der Waals surface area contributed by atoms with Crippen LogP contribution in [0.15, 0.2) is 23.2 Å². The number of aryl methyl sites for hydroxylation is 1. The van der Waals surface area contributed by atoms with Gasteiger partial charge in [0.2, 0.25) is 11.8 Å². The molecule has 0 saturated carbocycles. The number of unbranched alkanes of at least 4 members (excludes halogenated alkanes) is 2. The third-order valence-corrected chi connectivity index (χ3v) is 5.21. The summed E-state index contributed by atoms with van der Waals surface area (Å²) in [6.07, 6.45) is 2.96. The maximum Gasteiger partial charge on any atom is 0.251 e. The van der Waals surface area contributed by atoms with Gasteiger partial charge in [0.15, 0.2) is 5.03 Å². The van der Waals surface area contributed by atoms with E-state index in [0.29, 0.717) is 49.5 Å². The minimum atomic E-state index is -0.770. The van der Waals surface area contributed by atoms with Crippen molar-refractivity contribution in [2.75, 3.05) is 18.4 Å². The second kappa shape index (κ2) is 13.7. The molecule has 11 nitrogen and oxygen atoms in total. The topological polar surface area (TPSA) is 164 Å². The predicted molar refractivity (Wildman–Crippen MR) is 125 cm³/mol. The van der Waals surface area contributed by atoms with E-state index in [1.807, 2.05) is 13.0 Å². The van der Waals surface area contributed by atoms with E-state index in [-0.39, 0.29) is 42.3 Å². The van der Waals surface area contributed by atoms with Crippen LogP contribution in [-0.4, -0.2) is 48.0 Å². The first-order chi connectivity index (χ1) is 14.7. The molecule has 1 aromatic carbocycles. The molecule has 0 bridgehead atoms. The summed E-state index contributed by atoms with van der Waals surface area (Å²) < 4.78 is 0. The highest BCUT2D eigenvalue weighted by molar-refractivity contribution is 6.31. The van der Waals surface area contributed by atoms with Crippen molar-refractivity contribution in [2.24, 2.45) is 10.7 Å². The first kappa shape index (κ1) is 27.4. The molecule has 1 aliphatic rings. The summed E-state index contributed by atoms with van der Waals surface area (Å²) in [5.74, 6) is -0.472. The molecule has 32 heavy (non-hydrogen) atoms. The van der Waals surface area contributed by atoms with Crippen LogP contribution >= 0.6 is 24.0 Å². The Labute approximate surface area is 197 Å². The van der Waals surface area contributed by atoms with Crippen molar-refractivity contribution in [3.8, 4) is 0 Å². The van der Waals surface area contributed by atoms with Crippen LogP contribution in [0.3, 0.4) is 0 Å². The molecule has 0 aromatic heterocycles. The van der Waals surface area contributed by atoms with E-state index >= 15 is 0 Å². The summed E-state index contributed by atoms with van der Waals surface area (Å²) in [6, 6.07) is 4.85. The van der Waals surface area contributed by atoms with Gasteiger partial charge in [-0.3, -0.25) is 9.59 Å². The number of rotatable bonds is 10. The standard InChI is InChI=1S/C19H28ClN7O4.ClH/c1-12-6-7-13(9-15(12)20)25-18(29)16-10-14(11-23-16)24-17(28)5-3-2-4-8-22-19(21)26-27(30)31;/h6-7,9,14,16,23H,2-5,8,10-11H2,1H3,(H,24,28)(H,25,29)(H3,21,22,26);1H/t14-,16-;/m0./s1. The Morgan fingerprint density at radius 2 is 2.09 bits per heavy atom. The van der Waals surface area contributed by atoms with Gasteiger partial charge in [-0.1, -0.05) is 29.5 Å². The number of carbonyl (C=O) groups is 2. The average molecular weight is 490 g/mol. The molecule has 0 unspecified atom stereocenters. The number of benzene rings is 1. The van der Waals surface area contributed by atoms with Crippen LogP contribution in [0.4, 0.5) is 5.69 Å². The molecular weight excluding hydrogens is 461 g/mol. The Morgan fingerprint density at radius 1 is 1.34 bits per heavy atom. The first-order valence-electron chi connectivity index (χ1n) is 10.1. The number of nitrogens with one attached hydrogen (secondary N) is 4. The lowest BCUT2D eigenvalue weighted by molar-refractivity contribution is -0.525. The highest BCUT2D eigenvalue weighted by atomic mass is 35.5. The zero-order valence-electron chi connectivity index (χ0n) is 17.7. The van der Waals surface area contributed by atoms with Crippen LogP contribution < -0.4 is 27.1 Å². The highest BCUT2D eigenvalue weighted by Crippen LogP contribution is 2.20. The maximum atomic E-state index is 12.4.